The summed E-state index contributed by atoms with van der Waals surface area (Å²) in [6, 6.07) is 5.07. The van der Waals surface area contributed by atoms with Crippen molar-refractivity contribution in [2.24, 2.45) is 0 Å². The molecule has 0 spiro atoms. The van der Waals surface area contributed by atoms with E-state index in [1.165, 1.54) is 7.11 Å². The van der Waals surface area contributed by atoms with Gasteiger partial charge in [0, 0.05) is 14.3 Å². The molecule has 0 saturated carbocycles. The van der Waals surface area contributed by atoms with Gasteiger partial charge in [-0.1, -0.05) is 11.6 Å². The molecule has 3 nitrogen and oxygen atoms in total. The van der Waals surface area contributed by atoms with E-state index >= 15 is 0 Å². The minimum Gasteiger partial charge on any atom is -0.467 e. The van der Waals surface area contributed by atoms with E-state index in [2.05, 4.69) is 32.6 Å². The number of hydrogen-bond acceptors (Lipinski definition) is 3. The fraction of sp³-hybridized carbons (Fsp3) is 0.300. The van der Waals surface area contributed by atoms with Crippen molar-refractivity contribution in [1.29, 1.82) is 0 Å². The van der Waals surface area contributed by atoms with Gasteiger partial charge in [0.05, 0.1) is 7.11 Å². The van der Waals surface area contributed by atoms with Crippen LogP contribution in [-0.2, 0) is 9.53 Å². The van der Waals surface area contributed by atoms with Crippen LogP contribution in [0.25, 0.3) is 0 Å². The zero-order valence-electron chi connectivity index (χ0n) is 8.38. The van der Waals surface area contributed by atoms with Gasteiger partial charge in [-0.25, -0.2) is 4.79 Å². The van der Waals surface area contributed by atoms with E-state index in [0.29, 0.717) is 5.02 Å². The predicted octanol–water partition coefficient (Wildman–Crippen LogP) is 2.92. The second-order valence-corrected chi connectivity index (χ2v) is 4.61. The number of carbonyl (C=O) groups is 1. The van der Waals surface area contributed by atoms with Crippen LogP contribution in [0.4, 0.5) is 5.69 Å². The van der Waals surface area contributed by atoms with Crippen molar-refractivity contribution < 1.29 is 9.53 Å². The highest BCUT2D eigenvalue weighted by atomic mass is 127. The molecule has 0 aliphatic carbocycles. The van der Waals surface area contributed by atoms with E-state index in [-0.39, 0.29) is 12.0 Å². The number of hydrogen-bond donors (Lipinski definition) is 1. The third kappa shape index (κ3) is 3.53. The molecule has 82 valence electrons. The van der Waals surface area contributed by atoms with E-state index in [0.717, 1.165) is 9.26 Å². The van der Waals surface area contributed by atoms with Crippen LogP contribution < -0.4 is 5.32 Å². The molecular formula is C10H11ClINO2. The molecule has 0 aliphatic heterocycles. The Hall–Kier alpha value is -0.490. The zero-order valence-corrected chi connectivity index (χ0v) is 11.3. The van der Waals surface area contributed by atoms with Gasteiger partial charge in [0.2, 0.25) is 0 Å². The molecule has 0 aromatic heterocycles. The minimum atomic E-state index is -0.371. The van der Waals surface area contributed by atoms with Crippen molar-refractivity contribution >= 4 is 45.8 Å². The zero-order chi connectivity index (χ0) is 11.4. The Morgan fingerprint density at radius 2 is 2.27 bits per heavy atom. The standard InChI is InChI=1S/C10H11ClINO2/c1-6(10(14)15-2)13-9-4-3-7(11)5-8(9)12/h3-6,13H,1-2H3. The summed E-state index contributed by atoms with van der Waals surface area (Å²) in [5.41, 5.74) is 0.873. The molecule has 1 rings (SSSR count). The second kappa shape index (κ2) is 5.55. The molecule has 0 aliphatic rings. The average molecular weight is 340 g/mol. The van der Waals surface area contributed by atoms with E-state index < -0.39 is 0 Å². The molecule has 0 saturated heterocycles. The normalized spacial score (nSPS) is 12.0. The van der Waals surface area contributed by atoms with Gasteiger partial charge in [0.1, 0.15) is 6.04 Å². The quantitative estimate of drug-likeness (QED) is 0.680. The molecule has 0 fully saturated rings. The maximum Gasteiger partial charge on any atom is 0.327 e. The van der Waals surface area contributed by atoms with Gasteiger partial charge in [-0.05, 0) is 47.7 Å². The van der Waals surface area contributed by atoms with Gasteiger partial charge in [0.15, 0.2) is 0 Å². The van der Waals surface area contributed by atoms with E-state index in [9.17, 15) is 4.79 Å². The van der Waals surface area contributed by atoms with Gasteiger partial charge in [-0.15, -0.1) is 0 Å². The summed E-state index contributed by atoms with van der Waals surface area (Å²) in [4.78, 5) is 11.2. The van der Waals surface area contributed by atoms with Crippen LogP contribution in [0.2, 0.25) is 5.02 Å². The fourth-order valence-corrected chi connectivity index (χ4v) is 2.10. The summed E-state index contributed by atoms with van der Waals surface area (Å²) in [7, 11) is 1.37. The first-order chi connectivity index (χ1) is 7.04. The van der Waals surface area contributed by atoms with Crippen LogP contribution >= 0.6 is 34.2 Å². The summed E-state index contributed by atoms with van der Waals surface area (Å²) in [6.07, 6.45) is 0. The van der Waals surface area contributed by atoms with Crippen molar-refractivity contribution in [2.45, 2.75) is 13.0 Å². The number of ether oxygens (including phenoxy) is 1. The van der Waals surface area contributed by atoms with E-state index in [1.54, 1.807) is 13.0 Å². The van der Waals surface area contributed by atoms with Crippen molar-refractivity contribution in [3.63, 3.8) is 0 Å². The molecule has 5 heteroatoms. The number of rotatable bonds is 3. The van der Waals surface area contributed by atoms with Gasteiger partial charge in [0.25, 0.3) is 0 Å². The molecule has 0 heterocycles. The molecule has 0 radical (unpaired) electrons. The maximum absolute atomic E-state index is 11.2. The Balaban J connectivity index is 2.76. The Bertz CT molecular complexity index is 370. The van der Waals surface area contributed by atoms with Crippen LogP contribution in [-0.4, -0.2) is 19.1 Å². The third-order valence-corrected chi connectivity index (χ3v) is 2.99. The Morgan fingerprint density at radius 3 is 2.80 bits per heavy atom. The first-order valence-electron chi connectivity index (χ1n) is 4.34. The highest BCUT2D eigenvalue weighted by Gasteiger charge is 2.13. The van der Waals surface area contributed by atoms with Crippen LogP contribution in [0.5, 0.6) is 0 Å². The molecule has 1 atom stereocenters. The fourth-order valence-electron chi connectivity index (χ4n) is 1.08. The summed E-state index contributed by atoms with van der Waals surface area (Å²) < 4.78 is 5.59. The molecule has 0 bridgehead atoms. The predicted molar refractivity (Wildman–Crippen MR) is 69.3 cm³/mol. The van der Waals surface area contributed by atoms with Crippen molar-refractivity contribution in [3.05, 3.63) is 26.8 Å². The lowest BCUT2D eigenvalue weighted by Gasteiger charge is -2.14. The smallest absolute Gasteiger partial charge is 0.327 e. The first-order valence-corrected chi connectivity index (χ1v) is 5.79. The largest absolute Gasteiger partial charge is 0.467 e. The third-order valence-electron chi connectivity index (χ3n) is 1.86. The monoisotopic (exact) mass is 339 g/mol. The van der Waals surface area contributed by atoms with Crippen LogP contribution in [0, 0.1) is 3.57 Å². The van der Waals surface area contributed by atoms with Crippen molar-refractivity contribution in [3.8, 4) is 0 Å². The summed E-state index contributed by atoms with van der Waals surface area (Å²) in [6.45, 7) is 1.75. The molecule has 1 unspecified atom stereocenters. The lowest BCUT2D eigenvalue weighted by Crippen LogP contribution is -2.27. The number of carbonyl (C=O) groups excluding carboxylic acids is 1. The number of halogens is 2. The van der Waals surface area contributed by atoms with Crippen molar-refractivity contribution in [1.82, 2.24) is 0 Å². The number of methoxy groups -OCH3 is 1. The average Bonchev–Trinajstić information content (AvgIpc) is 2.20. The topological polar surface area (TPSA) is 38.3 Å². The van der Waals surface area contributed by atoms with Gasteiger partial charge >= 0.3 is 5.97 Å². The summed E-state index contributed by atoms with van der Waals surface area (Å²) in [5, 5.41) is 3.72. The van der Waals surface area contributed by atoms with E-state index in [1.807, 2.05) is 12.1 Å². The lowest BCUT2D eigenvalue weighted by atomic mass is 10.2. The second-order valence-electron chi connectivity index (χ2n) is 3.01. The van der Waals surface area contributed by atoms with Gasteiger partial charge in [-0.2, -0.15) is 0 Å². The Labute approximate surface area is 107 Å². The molecule has 1 N–H and O–H groups in total. The van der Waals surface area contributed by atoms with Crippen molar-refractivity contribution in [2.75, 3.05) is 12.4 Å². The number of benzene rings is 1. The molecular weight excluding hydrogens is 328 g/mol. The Kier molecular flexibility index (Phi) is 4.66. The molecule has 1 aromatic rings. The molecule has 1 aromatic carbocycles. The minimum absolute atomic E-state index is 0.291. The summed E-state index contributed by atoms with van der Waals surface area (Å²) in [5.74, 6) is -0.291. The van der Waals surface area contributed by atoms with Crippen LogP contribution in [0.15, 0.2) is 18.2 Å². The number of anilines is 1. The molecule has 15 heavy (non-hydrogen) atoms. The van der Waals surface area contributed by atoms with Gasteiger partial charge in [-0.3, -0.25) is 0 Å². The Morgan fingerprint density at radius 1 is 1.60 bits per heavy atom. The number of nitrogens with one attached hydrogen (secondary N) is 1. The summed E-state index contributed by atoms with van der Waals surface area (Å²) >= 11 is 7.97. The molecule has 0 amide bonds. The van der Waals surface area contributed by atoms with Gasteiger partial charge < -0.3 is 10.1 Å². The van der Waals surface area contributed by atoms with Crippen LogP contribution in [0.3, 0.4) is 0 Å². The lowest BCUT2D eigenvalue weighted by molar-refractivity contribution is -0.141. The SMILES string of the molecule is COC(=O)C(C)Nc1ccc(Cl)cc1I. The number of esters is 1. The van der Waals surface area contributed by atoms with Crippen LogP contribution in [0.1, 0.15) is 6.92 Å². The highest BCUT2D eigenvalue weighted by molar-refractivity contribution is 14.1. The van der Waals surface area contributed by atoms with E-state index in [4.69, 9.17) is 11.6 Å². The first kappa shape index (κ1) is 12.6. The highest BCUT2D eigenvalue weighted by Crippen LogP contribution is 2.22. The maximum atomic E-state index is 11.2.